The van der Waals surface area contributed by atoms with Gasteiger partial charge in [-0.25, -0.2) is 4.79 Å². The number of hydrogen-bond donors (Lipinski definition) is 1. The van der Waals surface area contributed by atoms with Crippen LogP contribution in [0.3, 0.4) is 0 Å². The van der Waals surface area contributed by atoms with E-state index in [0.717, 1.165) is 9.99 Å². The van der Waals surface area contributed by atoms with Crippen molar-refractivity contribution in [3.05, 3.63) is 35.9 Å². The first-order valence-electron chi connectivity index (χ1n) is 6.08. The van der Waals surface area contributed by atoms with Gasteiger partial charge in [-0.15, -0.1) is 0 Å². The highest BCUT2D eigenvalue weighted by atomic mass is 127. The molecule has 19 heavy (non-hydrogen) atoms. The second-order valence-corrected chi connectivity index (χ2v) is 5.52. The van der Waals surface area contributed by atoms with Crippen molar-refractivity contribution in [2.45, 2.75) is 18.2 Å². The number of urea groups is 1. The van der Waals surface area contributed by atoms with E-state index in [2.05, 4.69) is 27.9 Å². The molecular weight excluding hydrogens is 359 g/mol. The lowest BCUT2D eigenvalue weighted by atomic mass is 9.94. The van der Waals surface area contributed by atoms with Crippen molar-refractivity contribution < 1.29 is 14.3 Å². The third-order valence-corrected chi connectivity index (χ3v) is 4.41. The molecule has 2 fully saturated rings. The van der Waals surface area contributed by atoms with Gasteiger partial charge in [0.05, 0.1) is 12.6 Å². The van der Waals surface area contributed by atoms with E-state index in [4.69, 9.17) is 4.74 Å². The van der Waals surface area contributed by atoms with E-state index in [1.165, 1.54) is 0 Å². The number of carbonyl (C=O) groups is 2. The Labute approximate surface area is 124 Å². The Hall–Kier alpha value is -1.15. The summed E-state index contributed by atoms with van der Waals surface area (Å²) >= 11 is 2.23. The van der Waals surface area contributed by atoms with Gasteiger partial charge >= 0.3 is 6.03 Å². The molecule has 0 saturated carbocycles. The summed E-state index contributed by atoms with van der Waals surface area (Å²) in [5.74, 6) is -0.738. The second-order valence-electron chi connectivity index (χ2n) is 4.64. The minimum atomic E-state index is -0.483. The number of carbonyl (C=O) groups excluding carboxylic acids is 2. The maximum atomic E-state index is 12.1. The number of hydrogen-bond acceptors (Lipinski definition) is 3. The Bertz CT molecular complexity index is 508. The highest BCUT2D eigenvalue weighted by molar-refractivity contribution is 14.1. The number of halogens is 1. The van der Waals surface area contributed by atoms with Crippen molar-refractivity contribution >= 4 is 34.5 Å². The van der Waals surface area contributed by atoms with Crippen LogP contribution < -0.4 is 5.32 Å². The summed E-state index contributed by atoms with van der Waals surface area (Å²) in [5, 5.41) is 2.41. The molecule has 0 aromatic heterocycles. The lowest BCUT2D eigenvalue weighted by Gasteiger charge is -2.34. The molecule has 0 spiro atoms. The zero-order valence-corrected chi connectivity index (χ0v) is 12.2. The second kappa shape index (κ2) is 5.09. The molecule has 0 radical (unpaired) electrons. The highest BCUT2D eigenvalue weighted by Gasteiger charge is 2.48. The maximum absolute atomic E-state index is 12.1. The standard InChI is InChI=1S/C13H13IN2O3/c14-6-9-7-16-12(19-9)10(11(17)15-13(16)18)8-4-2-1-3-5-8/h1-5,9-10,12H,6-7H2,(H,15,17,18). The molecule has 100 valence electrons. The van der Waals surface area contributed by atoms with E-state index in [1.807, 2.05) is 30.3 Å². The summed E-state index contributed by atoms with van der Waals surface area (Å²) in [5.41, 5.74) is 0.872. The van der Waals surface area contributed by atoms with Gasteiger partial charge in [0.1, 0.15) is 12.1 Å². The molecular formula is C13H13IN2O3. The van der Waals surface area contributed by atoms with Gasteiger partial charge in [0, 0.05) is 4.43 Å². The van der Waals surface area contributed by atoms with Crippen LogP contribution in [0.15, 0.2) is 30.3 Å². The molecule has 0 bridgehead atoms. The molecule has 1 aromatic rings. The summed E-state index contributed by atoms with van der Waals surface area (Å²) in [6.45, 7) is 0.538. The first kappa shape index (κ1) is 12.9. The molecule has 6 heteroatoms. The van der Waals surface area contributed by atoms with E-state index in [-0.39, 0.29) is 18.0 Å². The van der Waals surface area contributed by atoms with Crippen LogP contribution in [0.1, 0.15) is 11.5 Å². The van der Waals surface area contributed by atoms with Crippen LogP contribution in [0.2, 0.25) is 0 Å². The summed E-state index contributed by atoms with van der Waals surface area (Å²) in [7, 11) is 0. The molecule has 2 aliphatic rings. The molecule has 5 nitrogen and oxygen atoms in total. The average Bonchev–Trinajstić information content (AvgIpc) is 2.84. The monoisotopic (exact) mass is 372 g/mol. The van der Waals surface area contributed by atoms with Crippen molar-refractivity contribution in [2.24, 2.45) is 0 Å². The van der Waals surface area contributed by atoms with Crippen LogP contribution >= 0.6 is 22.6 Å². The lowest BCUT2D eigenvalue weighted by Crippen LogP contribution is -2.56. The zero-order chi connectivity index (χ0) is 13.4. The molecule has 3 unspecified atom stereocenters. The number of nitrogens with zero attached hydrogens (tertiary/aromatic N) is 1. The third kappa shape index (κ3) is 2.23. The molecule has 3 amide bonds. The fraction of sp³-hybridized carbons (Fsp3) is 0.385. The topological polar surface area (TPSA) is 58.6 Å². The van der Waals surface area contributed by atoms with E-state index in [1.54, 1.807) is 4.90 Å². The van der Waals surface area contributed by atoms with Gasteiger partial charge in [-0.3, -0.25) is 15.0 Å². The fourth-order valence-electron chi connectivity index (χ4n) is 2.54. The summed E-state index contributed by atoms with van der Waals surface area (Å²) in [6, 6.07) is 9.09. The normalized spacial score (nSPS) is 30.2. The number of ether oxygens (including phenoxy) is 1. The molecule has 1 N–H and O–H groups in total. The van der Waals surface area contributed by atoms with E-state index in [9.17, 15) is 9.59 Å². The smallest absolute Gasteiger partial charge is 0.326 e. The minimum Gasteiger partial charge on any atom is -0.351 e. The Kier molecular flexibility index (Phi) is 3.44. The Balaban J connectivity index is 1.94. The largest absolute Gasteiger partial charge is 0.351 e. The summed E-state index contributed by atoms with van der Waals surface area (Å²) in [6.07, 6.45) is -0.489. The summed E-state index contributed by atoms with van der Waals surface area (Å²) < 4.78 is 6.66. The van der Waals surface area contributed by atoms with Crippen LogP contribution in [0.25, 0.3) is 0 Å². The predicted octanol–water partition coefficient (Wildman–Crippen LogP) is 1.48. The molecule has 2 heterocycles. The first-order valence-corrected chi connectivity index (χ1v) is 7.61. The van der Waals surface area contributed by atoms with Gasteiger partial charge in [0.15, 0.2) is 0 Å². The van der Waals surface area contributed by atoms with Gasteiger partial charge in [0.2, 0.25) is 5.91 Å². The number of amides is 3. The van der Waals surface area contributed by atoms with Crippen molar-refractivity contribution in [2.75, 3.05) is 11.0 Å². The Morgan fingerprint density at radius 3 is 2.74 bits per heavy atom. The molecule has 3 rings (SSSR count). The SMILES string of the molecule is O=C1NC(=O)N2CC(CI)OC2C1c1ccccc1. The Morgan fingerprint density at radius 2 is 2.05 bits per heavy atom. The molecule has 3 atom stereocenters. The minimum absolute atomic E-state index is 0.00605. The van der Waals surface area contributed by atoms with Crippen LogP contribution in [0, 0.1) is 0 Å². The van der Waals surface area contributed by atoms with Crippen molar-refractivity contribution in [3.8, 4) is 0 Å². The number of benzene rings is 1. The quantitative estimate of drug-likeness (QED) is 0.632. The van der Waals surface area contributed by atoms with Gasteiger partial charge in [-0.05, 0) is 5.56 Å². The molecule has 0 aliphatic carbocycles. The molecule has 2 aliphatic heterocycles. The first-order chi connectivity index (χ1) is 9.20. The van der Waals surface area contributed by atoms with Gasteiger partial charge in [-0.1, -0.05) is 52.9 Å². The number of rotatable bonds is 2. The lowest BCUT2D eigenvalue weighted by molar-refractivity contribution is -0.129. The van der Waals surface area contributed by atoms with Crippen LogP contribution in [0.5, 0.6) is 0 Å². The van der Waals surface area contributed by atoms with Gasteiger partial charge in [-0.2, -0.15) is 0 Å². The predicted molar refractivity (Wildman–Crippen MR) is 77.0 cm³/mol. The number of imide groups is 1. The van der Waals surface area contributed by atoms with Gasteiger partial charge < -0.3 is 4.74 Å². The van der Waals surface area contributed by atoms with Crippen molar-refractivity contribution in [1.29, 1.82) is 0 Å². The van der Waals surface area contributed by atoms with Gasteiger partial charge in [0.25, 0.3) is 0 Å². The average molecular weight is 372 g/mol. The summed E-state index contributed by atoms with van der Waals surface area (Å²) in [4.78, 5) is 25.6. The zero-order valence-electron chi connectivity index (χ0n) is 10.1. The van der Waals surface area contributed by atoms with E-state index < -0.39 is 12.1 Å². The number of fused-ring (bicyclic) bond motifs is 1. The van der Waals surface area contributed by atoms with Crippen molar-refractivity contribution in [3.63, 3.8) is 0 Å². The number of alkyl halides is 1. The van der Waals surface area contributed by atoms with Crippen molar-refractivity contribution in [1.82, 2.24) is 10.2 Å². The molecule has 2 saturated heterocycles. The number of nitrogens with one attached hydrogen (secondary N) is 1. The highest BCUT2D eigenvalue weighted by Crippen LogP contribution is 2.33. The fourth-order valence-corrected chi connectivity index (χ4v) is 3.03. The molecule has 1 aromatic carbocycles. The van der Waals surface area contributed by atoms with E-state index >= 15 is 0 Å². The van der Waals surface area contributed by atoms with Crippen LogP contribution in [-0.4, -0.2) is 40.1 Å². The maximum Gasteiger partial charge on any atom is 0.326 e. The third-order valence-electron chi connectivity index (χ3n) is 3.43. The van der Waals surface area contributed by atoms with Crippen LogP contribution in [-0.2, 0) is 9.53 Å². The van der Waals surface area contributed by atoms with E-state index in [0.29, 0.717) is 6.54 Å². The van der Waals surface area contributed by atoms with Crippen LogP contribution in [0.4, 0.5) is 4.79 Å². The Morgan fingerprint density at radius 1 is 1.32 bits per heavy atom.